The van der Waals surface area contributed by atoms with Gasteiger partial charge in [0.2, 0.25) is 0 Å². The van der Waals surface area contributed by atoms with Gasteiger partial charge in [0.15, 0.2) is 0 Å². The molecule has 0 amide bonds. The topological polar surface area (TPSA) is 64.0 Å². The van der Waals surface area contributed by atoms with Gasteiger partial charge >= 0.3 is 0 Å². The Morgan fingerprint density at radius 1 is 1.06 bits per heavy atom. The minimum absolute atomic E-state index is 0.144. The zero-order valence-electron chi connectivity index (χ0n) is 20.0. The fourth-order valence-electron chi connectivity index (χ4n) is 5.91. The van der Waals surface area contributed by atoms with E-state index in [0.717, 1.165) is 72.0 Å². The van der Waals surface area contributed by atoms with E-state index < -0.39 is 0 Å². The molecule has 2 fully saturated rings. The van der Waals surface area contributed by atoms with Gasteiger partial charge in [-0.25, -0.2) is 0 Å². The zero-order chi connectivity index (χ0) is 24.3. The molecule has 2 saturated heterocycles. The number of rotatable bonds is 4. The third-order valence-corrected chi connectivity index (χ3v) is 8.22. The first-order valence-corrected chi connectivity index (χ1v) is 12.7. The molecule has 180 valence electrons. The second kappa shape index (κ2) is 8.59. The molecule has 3 N–H and O–H groups in total. The van der Waals surface area contributed by atoms with E-state index in [0.29, 0.717) is 6.04 Å². The normalized spacial score (nSPS) is 21.1. The molecule has 2 atom stereocenters. The Balaban J connectivity index is 1.40. The predicted octanol–water partition coefficient (Wildman–Crippen LogP) is 4.60. The number of thiol groups is 1. The maximum Gasteiger partial charge on any atom is 0.0738 e. The van der Waals surface area contributed by atoms with Crippen molar-refractivity contribution in [3.8, 4) is 0 Å². The van der Waals surface area contributed by atoms with Crippen molar-refractivity contribution in [2.24, 2.45) is 5.73 Å². The van der Waals surface area contributed by atoms with Crippen molar-refractivity contribution >= 4 is 41.1 Å². The van der Waals surface area contributed by atoms with Gasteiger partial charge < -0.3 is 15.6 Å². The number of nitrogens with one attached hydrogen (secondary N) is 1. The molecular weight excluding hydrogens is 452 g/mol. The van der Waals surface area contributed by atoms with Crippen LogP contribution in [0.4, 0.5) is 0 Å². The van der Waals surface area contributed by atoms with Crippen LogP contribution in [0.25, 0.3) is 28.3 Å². The largest absolute Gasteiger partial charge is 0.362 e. The van der Waals surface area contributed by atoms with Crippen molar-refractivity contribution in [1.82, 2.24) is 24.0 Å². The first-order chi connectivity index (χ1) is 16.9. The number of aromatic nitrogens is 3. The van der Waals surface area contributed by atoms with E-state index in [1.54, 1.807) is 0 Å². The molecule has 2 aliphatic rings. The summed E-state index contributed by atoms with van der Waals surface area (Å²) in [5, 5.41) is 12.6. The number of allylic oxidation sites excluding steroid dienone is 2. The first kappa shape index (κ1) is 22.5. The van der Waals surface area contributed by atoms with Gasteiger partial charge in [-0.15, -0.1) is 0 Å². The molecule has 2 aliphatic heterocycles. The van der Waals surface area contributed by atoms with Gasteiger partial charge in [-0.3, -0.25) is 8.99 Å². The fourth-order valence-corrected chi connectivity index (χ4v) is 6.14. The van der Waals surface area contributed by atoms with Crippen LogP contribution in [0.5, 0.6) is 0 Å². The number of hydrogen-bond acceptors (Lipinski definition) is 5. The Labute approximate surface area is 211 Å². The first-order valence-electron chi connectivity index (χ1n) is 12.3. The van der Waals surface area contributed by atoms with Crippen LogP contribution in [0.2, 0.25) is 0 Å². The lowest BCUT2D eigenvalue weighted by molar-refractivity contribution is 0.278. The predicted molar refractivity (Wildman–Crippen MR) is 147 cm³/mol. The Morgan fingerprint density at radius 3 is 2.60 bits per heavy atom. The average molecular weight is 485 g/mol. The third-order valence-electron chi connectivity index (χ3n) is 7.82. The van der Waals surface area contributed by atoms with Gasteiger partial charge in [0, 0.05) is 52.4 Å². The molecule has 0 bridgehead atoms. The number of hydrogen-bond donors (Lipinski definition) is 3. The molecule has 0 spiro atoms. The minimum Gasteiger partial charge on any atom is -0.362 e. The van der Waals surface area contributed by atoms with Gasteiger partial charge in [-0.05, 0) is 42.7 Å². The van der Waals surface area contributed by atoms with Crippen LogP contribution in [0.1, 0.15) is 54.9 Å². The summed E-state index contributed by atoms with van der Waals surface area (Å²) in [5.41, 5.74) is 12.2. The van der Waals surface area contributed by atoms with E-state index in [1.807, 2.05) is 6.20 Å². The molecule has 0 aliphatic carbocycles. The summed E-state index contributed by atoms with van der Waals surface area (Å²) < 4.78 is 6.50. The van der Waals surface area contributed by atoms with Crippen molar-refractivity contribution in [1.29, 1.82) is 0 Å². The van der Waals surface area contributed by atoms with E-state index in [2.05, 4.69) is 93.0 Å². The van der Waals surface area contributed by atoms with Crippen LogP contribution in [0.15, 0.2) is 67.3 Å². The van der Waals surface area contributed by atoms with Gasteiger partial charge in [0.05, 0.1) is 29.8 Å². The maximum absolute atomic E-state index is 6.87. The summed E-state index contributed by atoms with van der Waals surface area (Å²) in [6, 6.07) is 11.1. The van der Waals surface area contributed by atoms with Crippen LogP contribution < -0.4 is 16.4 Å². The number of nitrogens with zero attached hydrogens (tertiary/aromatic N) is 4. The highest BCUT2D eigenvalue weighted by atomic mass is 32.1. The molecule has 4 aromatic rings. The van der Waals surface area contributed by atoms with Crippen LogP contribution in [0.3, 0.4) is 0 Å². The molecule has 4 heterocycles. The zero-order valence-corrected chi connectivity index (χ0v) is 20.8. The molecule has 6 nitrogen and oxygen atoms in total. The smallest absolute Gasteiger partial charge is 0.0738 e. The lowest BCUT2D eigenvalue weighted by Crippen LogP contribution is -2.31. The van der Waals surface area contributed by atoms with Crippen LogP contribution >= 0.6 is 12.8 Å². The van der Waals surface area contributed by atoms with Crippen LogP contribution in [0, 0.1) is 0 Å². The van der Waals surface area contributed by atoms with Crippen molar-refractivity contribution in [2.45, 2.75) is 43.8 Å². The Morgan fingerprint density at radius 2 is 1.83 bits per heavy atom. The van der Waals surface area contributed by atoms with Gasteiger partial charge in [-0.1, -0.05) is 56.8 Å². The lowest BCUT2D eigenvalue weighted by Gasteiger charge is -2.30. The van der Waals surface area contributed by atoms with E-state index in [9.17, 15) is 0 Å². The second-order valence-corrected chi connectivity index (χ2v) is 10.5. The fraction of sp³-hybridized carbons (Fsp3) is 0.321. The lowest BCUT2D eigenvalue weighted by atomic mass is 9.94. The van der Waals surface area contributed by atoms with E-state index in [4.69, 9.17) is 5.73 Å². The molecule has 7 heteroatoms. The van der Waals surface area contributed by atoms with Crippen molar-refractivity contribution in [3.63, 3.8) is 0 Å². The van der Waals surface area contributed by atoms with E-state index in [1.165, 1.54) is 16.3 Å². The molecule has 2 aromatic carbocycles. The number of benzene rings is 2. The highest BCUT2D eigenvalue weighted by Crippen LogP contribution is 2.37. The molecule has 0 saturated carbocycles. The van der Waals surface area contributed by atoms with Crippen molar-refractivity contribution in [3.05, 3.63) is 83.8 Å². The van der Waals surface area contributed by atoms with Gasteiger partial charge in [0.25, 0.3) is 0 Å². The summed E-state index contributed by atoms with van der Waals surface area (Å²) in [5.74, 6) is 0. The molecule has 35 heavy (non-hydrogen) atoms. The summed E-state index contributed by atoms with van der Waals surface area (Å²) in [6.45, 7) is 14.8. The highest BCUT2D eigenvalue weighted by molar-refractivity contribution is 7.77. The standard InChI is InChI=1S/C28H32N6S/c1-17-7-9-25(18(2)31-17)34-19(3)22-5-4-6-23-24(8-10-26(34)27(22)23)28(29)20-15-30-33(16-20)21-11-13-32(35)14-12-21/h4-6,8,10,15-16,21,25,28,31,35H,1-3,7,9,11-14,29H2. The SMILES string of the molecule is C=C1CCC(n2c(=C)c3cccc4c(C(N)c5cnn(C6CCN(S)CC6)c5)ccc2c43)C(=C)N1. The van der Waals surface area contributed by atoms with Crippen molar-refractivity contribution in [2.75, 3.05) is 13.1 Å². The molecule has 0 radical (unpaired) electrons. The quantitative estimate of drug-likeness (QED) is 0.371. The Hall–Kier alpha value is -3.00. The van der Waals surface area contributed by atoms with E-state index in [-0.39, 0.29) is 12.1 Å². The van der Waals surface area contributed by atoms with Gasteiger partial charge in [0.1, 0.15) is 0 Å². The van der Waals surface area contributed by atoms with Crippen molar-refractivity contribution < 1.29 is 0 Å². The molecule has 6 rings (SSSR count). The van der Waals surface area contributed by atoms with Crippen LogP contribution in [-0.2, 0) is 0 Å². The van der Waals surface area contributed by atoms with E-state index >= 15 is 0 Å². The van der Waals surface area contributed by atoms with Gasteiger partial charge in [-0.2, -0.15) is 5.10 Å². The Bertz CT molecular complexity index is 1490. The maximum atomic E-state index is 6.87. The third kappa shape index (κ3) is 3.69. The summed E-state index contributed by atoms with van der Waals surface area (Å²) in [6.07, 6.45) is 8.04. The minimum atomic E-state index is -0.255. The average Bonchev–Trinajstić information content (AvgIpc) is 3.45. The summed E-state index contributed by atoms with van der Waals surface area (Å²) >= 11 is 4.47. The van der Waals surface area contributed by atoms with Crippen LogP contribution in [-0.4, -0.2) is 31.7 Å². The number of nitrogens with two attached hydrogens (primary N) is 1. The summed E-state index contributed by atoms with van der Waals surface area (Å²) in [7, 11) is 0. The highest BCUT2D eigenvalue weighted by Gasteiger charge is 2.26. The second-order valence-electron chi connectivity index (χ2n) is 9.94. The monoisotopic (exact) mass is 484 g/mol. The summed E-state index contributed by atoms with van der Waals surface area (Å²) in [4.78, 5) is 0. The molecule has 2 aromatic heterocycles. The molecule has 2 unspecified atom stereocenters. The molecular formula is C28H32N6S. The number of piperidine rings is 2. The Kier molecular flexibility index (Phi) is 5.51.